The largest absolute Gasteiger partial charge is 0.497 e. The highest BCUT2D eigenvalue weighted by Crippen LogP contribution is 2.34. The lowest BCUT2D eigenvalue weighted by Gasteiger charge is -2.34. The van der Waals surface area contributed by atoms with Crippen LogP contribution in [0.3, 0.4) is 0 Å². The highest BCUT2D eigenvalue weighted by atomic mass is 32.2. The molecule has 0 radical (unpaired) electrons. The number of methoxy groups -OCH3 is 2. The molecule has 0 aromatic heterocycles. The quantitative estimate of drug-likeness (QED) is 0.430. The van der Waals surface area contributed by atoms with Gasteiger partial charge in [0.1, 0.15) is 11.5 Å². The summed E-state index contributed by atoms with van der Waals surface area (Å²) in [5, 5.41) is 0. The summed E-state index contributed by atoms with van der Waals surface area (Å²) in [6, 6.07) is 21.8. The topological polar surface area (TPSA) is 102 Å². The SMILES string of the molecule is COC(=O)[C@@H]1CN(C(=O)CN(Cc2ccccc2)S(=O)(=O)c2ccc(OC)cc2)c2ccccc2O1. The lowest BCUT2D eigenvalue weighted by atomic mass is 10.2. The highest BCUT2D eigenvalue weighted by Gasteiger charge is 2.36. The number of anilines is 1. The Kier molecular flexibility index (Phi) is 7.56. The Morgan fingerprint density at radius 1 is 0.972 bits per heavy atom. The highest BCUT2D eigenvalue weighted by molar-refractivity contribution is 7.89. The molecule has 188 valence electrons. The van der Waals surface area contributed by atoms with Crippen LogP contribution in [0.5, 0.6) is 11.5 Å². The van der Waals surface area contributed by atoms with Crippen molar-refractivity contribution in [3.8, 4) is 11.5 Å². The number of nitrogens with zero attached hydrogens (tertiary/aromatic N) is 2. The van der Waals surface area contributed by atoms with Crippen molar-refractivity contribution in [3.63, 3.8) is 0 Å². The number of esters is 1. The molecule has 3 aromatic rings. The van der Waals surface area contributed by atoms with E-state index >= 15 is 0 Å². The van der Waals surface area contributed by atoms with Gasteiger partial charge >= 0.3 is 5.97 Å². The van der Waals surface area contributed by atoms with Crippen LogP contribution in [0.25, 0.3) is 0 Å². The number of benzene rings is 3. The van der Waals surface area contributed by atoms with E-state index in [1.807, 2.05) is 6.07 Å². The molecule has 36 heavy (non-hydrogen) atoms. The Labute approximate surface area is 209 Å². The van der Waals surface area contributed by atoms with Gasteiger partial charge in [-0.3, -0.25) is 4.79 Å². The van der Waals surface area contributed by atoms with E-state index in [1.54, 1.807) is 60.7 Å². The molecule has 3 aromatic carbocycles. The molecule has 1 aliphatic rings. The van der Waals surface area contributed by atoms with Crippen molar-refractivity contribution in [2.75, 3.05) is 32.2 Å². The van der Waals surface area contributed by atoms with Crippen LogP contribution < -0.4 is 14.4 Å². The second kappa shape index (κ2) is 10.8. The number of fused-ring (bicyclic) bond motifs is 1. The van der Waals surface area contributed by atoms with E-state index in [4.69, 9.17) is 14.2 Å². The van der Waals surface area contributed by atoms with Crippen molar-refractivity contribution in [3.05, 3.63) is 84.4 Å². The first-order valence-electron chi connectivity index (χ1n) is 11.2. The normalized spacial score (nSPS) is 15.1. The molecule has 9 nitrogen and oxygen atoms in total. The molecular weight excluding hydrogens is 484 g/mol. The number of rotatable bonds is 8. The van der Waals surface area contributed by atoms with Crippen LogP contribution in [0.15, 0.2) is 83.8 Å². The molecule has 0 fully saturated rings. The van der Waals surface area contributed by atoms with Crippen LogP contribution in [-0.4, -0.2) is 58.0 Å². The van der Waals surface area contributed by atoms with Crippen molar-refractivity contribution in [1.82, 2.24) is 4.31 Å². The van der Waals surface area contributed by atoms with Crippen LogP contribution in [0, 0.1) is 0 Å². The summed E-state index contributed by atoms with van der Waals surface area (Å²) in [6.07, 6.45) is -1.03. The molecule has 1 aliphatic heterocycles. The maximum atomic E-state index is 13.6. The lowest BCUT2D eigenvalue weighted by molar-refractivity contribution is -0.148. The zero-order valence-electron chi connectivity index (χ0n) is 19.9. The number of para-hydroxylation sites is 2. The molecule has 0 spiro atoms. The summed E-state index contributed by atoms with van der Waals surface area (Å²) < 4.78 is 44.0. The molecule has 1 amide bonds. The smallest absolute Gasteiger partial charge is 0.348 e. The van der Waals surface area contributed by atoms with E-state index in [1.165, 1.54) is 31.3 Å². The number of hydrogen-bond acceptors (Lipinski definition) is 7. The summed E-state index contributed by atoms with van der Waals surface area (Å²) in [7, 11) is -1.33. The van der Waals surface area contributed by atoms with Gasteiger partial charge in [0.2, 0.25) is 22.0 Å². The number of hydrogen-bond donors (Lipinski definition) is 0. The second-order valence-corrected chi connectivity index (χ2v) is 9.97. The predicted molar refractivity (Wildman–Crippen MR) is 132 cm³/mol. The standard InChI is InChI=1S/C26H26N2O7S/c1-33-20-12-14-21(15-13-20)36(31,32)27(16-19-8-4-3-5-9-19)18-25(29)28-17-24(26(30)34-2)35-23-11-7-6-10-22(23)28/h3-15,24H,16-18H2,1-2H3/t24-/m0/s1. The van der Waals surface area contributed by atoms with Crippen molar-refractivity contribution in [2.45, 2.75) is 17.5 Å². The molecule has 0 N–H and O–H groups in total. The van der Waals surface area contributed by atoms with Crippen LogP contribution in [0.1, 0.15) is 5.56 Å². The van der Waals surface area contributed by atoms with Crippen molar-refractivity contribution >= 4 is 27.6 Å². The van der Waals surface area contributed by atoms with Gasteiger partial charge in [-0.2, -0.15) is 4.31 Å². The second-order valence-electron chi connectivity index (χ2n) is 8.04. The summed E-state index contributed by atoms with van der Waals surface area (Å²) in [5.74, 6) is -0.291. The van der Waals surface area contributed by atoms with Gasteiger partial charge in [-0.1, -0.05) is 42.5 Å². The summed E-state index contributed by atoms with van der Waals surface area (Å²) >= 11 is 0. The minimum absolute atomic E-state index is 0.0205. The molecule has 0 aliphatic carbocycles. The first-order chi connectivity index (χ1) is 17.3. The van der Waals surface area contributed by atoms with E-state index in [0.29, 0.717) is 17.2 Å². The van der Waals surface area contributed by atoms with E-state index in [0.717, 1.165) is 9.87 Å². The third kappa shape index (κ3) is 5.34. The minimum Gasteiger partial charge on any atom is -0.497 e. The number of sulfonamides is 1. The van der Waals surface area contributed by atoms with E-state index in [9.17, 15) is 18.0 Å². The summed E-state index contributed by atoms with van der Waals surface area (Å²) in [6.45, 7) is -0.580. The lowest BCUT2D eigenvalue weighted by Crippen LogP contribution is -2.50. The number of carbonyl (C=O) groups is 2. The van der Waals surface area contributed by atoms with Crippen LogP contribution in [0.4, 0.5) is 5.69 Å². The Morgan fingerprint density at radius 3 is 2.31 bits per heavy atom. The molecule has 0 unspecified atom stereocenters. The maximum absolute atomic E-state index is 13.6. The molecule has 1 atom stereocenters. The first kappa shape index (κ1) is 25.2. The Morgan fingerprint density at radius 2 is 1.64 bits per heavy atom. The van der Waals surface area contributed by atoms with E-state index < -0.39 is 34.5 Å². The maximum Gasteiger partial charge on any atom is 0.348 e. The molecule has 1 heterocycles. The van der Waals surface area contributed by atoms with Gasteiger partial charge in [0.05, 0.1) is 37.9 Å². The van der Waals surface area contributed by atoms with Gasteiger partial charge in [-0.05, 0) is 42.0 Å². The van der Waals surface area contributed by atoms with Crippen molar-refractivity contribution < 1.29 is 32.2 Å². The molecule has 0 bridgehead atoms. The number of carbonyl (C=O) groups excluding carboxylic acids is 2. The number of ether oxygens (including phenoxy) is 3. The third-order valence-electron chi connectivity index (χ3n) is 5.75. The zero-order chi connectivity index (χ0) is 25.7. The zero-order valence-corrected chi connectivity index (χ0v) is 20.7. The third-order valence-corrected chi connectivity index (χ3v) is 7.56. The Hall–Kier alpha value is -3.89. The average molecular weight is 511 g/mol. The molecule has 0 saturated carbocycles. The van der Waals surface area contributed by atoms with E-state index in [-0.39, 0.29) is 18.0 Å². The van der Waals surface area contributed by atoms with Gasteiger partial charge in [0.15, 0.2) is 0 Å². The van der Waals surface area contributed by atoms with E-state index in [2.05, 4.69) is 0 Å². The van der Waals surface area contributed by atoms with Gasteiger partial charge in [0.25, 0.3) is 0 Å². The fourth-order valence-electron chi connectivity index (χ4n) is 3.87. The number of amides is 1. The predicted octanol–water partition coefficient (Wildman–Crippen LogP) is 2.85. The van der Waals surface area contributed by atoms with Gasteiger partial charge in [0, 0.05) is 6.54 Å². The fourth-order valence-corrected chi connectivity index (χ4v) is 5.25. The average Bonchev–Trinajstić information content (AvgIpc) is 2.92. The molecule has 10 heteroatoms. The molecular formula is C26H26N2O7S. The summed E-state index contributed by atoms with van der Waals surface area (Å²) in [4.78, 5) is 27.2. The van der Waals surface area contributed by atoms with Crippen molar-refractivity contribution in [2.24, 2.45) is 0 Å². The monoisotopic (exact) mass is 510 g/mol. The minimum atomic E-state index is -4.06. The first-order valence-corrected chi connectivity index (χ1v) is 12.6. The van der Waals surface area contributed by atoms with Crippen LogP contribution in [0.2, 0.25) is 0 Å². The van der Waals surface area contributed by atoms with Gasteiger partial charge in [-0.25, -0.2) is 13.2 Å². The summed E-state index contributed by atoms with van der Waals surface area (Å²) in [5.41, 5.74) is 1.17. The Bertz CT molecular complexity index is 1330. The van der Waals surface area contributed by atoms with Gasteiger partial charge in [-0.15, -0.1) is 0 Å². The Balaban J connectivity index is 1.67. The fraction of sp³-hybridized carbons (Fsp3) is 0.231. The molecule has 0 saturated heterocycles. The van der Waals surface area contributed by atoms with Gasteiger partial charge < -0.3 is 19.1 Å². The van der Waals surface area contributed by atoms with Crippen LogP contribution in [-0.2, 0) is 30.9 Å². The van der Waals surface area contributed by atoms with Crippen molar-refractivity contribution in [1.29, 1.82) is 0 Å². The van der Waals surface area contributed by atoms with Crippen LogP contribution >= 0.6 is 0 Å². The molecule has 4 rings (SSSR count).